The van der Waals surface area contributed by atoms with Gasteiger partial charge in [0.15, 0.2) is 0 Å². The molecule has 0 aliphatic heterocycles. The molecule has 0 heterocycles. The fraction of sp³-hybridized carbons (Fsp3) is 1.00. The molecule has 0 spiro atoms. The molecule has 0 saturated carbocycles. The van der Waals surface area contributed by atoms with E-state index in [9.17, 15) is 0 Å². The van der Waals surface area contributed by atoms with Crippen LogP contribution in [-0.2, 0) is 10.4 Å². The van der Waals surface area contributed by atoms with Gasteiger partial charge in [-0.3, -0.25) is 9.11 Å². The average Bonchev–Trinajstić information content (AvgIpc) is 2.48. The van der Waals surface area contributed by atoms with E-state index < -0.39 is 10.4 Å². The van der Waals surface area contributed by atoms with Crippen LogP contribution in [0.15, 0.2) is 0 Å². The molecule has 0 aliphatic carbocycles. The molecule has 6 heteroatoms. The van der Waals surface area contributed by atoms with Crippen molar-refractivity contribution in [3.63, 3.8) is 0 Å². The first-order valence-corrected chi connectivity index (χ1v) is 12.0. The quantitative estimate of drug-likeness (QED) is 0.193. The second-order valence-electron chi connectivity index (χ2n) is 8.41. The molecule has 0 rings (SSSR count). The lowest BCUT2D eigenvalue weighted by Gasteiger charge is -2.23. The van der Waals surface area contributed by atoms with Gasteiger partial charge in [-0.25, -0.2) is 0 Å². The molecule has 0 aromatic rings. The Balaban J connectivity index is 0. The maximum absolute atomic E-state index is 8.74. The Hall–Kier alpha value is -0.170. The molecule has 0 unspecified atom stereocenters. The Morgan fingerprint density at radius 3 is 1.04 bits per heavy atom. The summed E-state index contributed by atoms with van der Waals surface area (Å²) in [6.07, 6.45) is 21.9. The zero-order valence-electron chi connectivity index (χ0n) is 17.9. The van der Waals surface area contributed by atoms with E-state index in [0.717, 1.165) is 4.48 Å². The minimum absolute atomic E-state index is 1.12. The van der Waals surface area contributed by atoms with Crippen LogP contribution < -0.4 is 0 Å². The van der Waals surface area contributed by atoms with Gasteiger partial charge in [-0.1, -0.05) is 90.4 Å². The lowest BCUT2D eigenvalue weighted by molar-refractivity contribution is -0.870. The van der Waals surface area contributed by atoms with Gasteiger partial charge in [0, 0.05) is 0 Å². The third-order valence-electron chi connectivity index (χ3n) is 4.43. The molecule has 26 heavy (non-hydrogen) atoms. The highest BCUT2D eigenvalue weighted by atomic mass is 32.3. The van der Waals surface area contributed by atoms with E-state index in [1.807, 2.05) is 0 Å². The van der Waals surface area contributed by atoms with Crippen LogP contribution in [0.5, 0.6) is 0 Å². The van der Waals surface area contributed by atoms with Gasteiger partial charge in [0.2, 0.25) is 0 Å². The SMILES string of the molecule is CCCCCCCCCCCCCCCCC[N+](C)(C)C.O=S(=O)(O)O. The van der Waals surface area contributed by atoms with Crippen molar-refractivity contribution in [2.45, 2.75) is 103 Å². The van der Waals surface area contributed by atoms with Crippen LogP contribution >= 0.6 is 0 Å². The molecule has 2 N–H and O–H groups in total. The van der Waals surface area contributed by atoms with E-state index in [4.69, 9.17) is 17.5 Å². The standard InChI is InChI=1S/C20H44N.H2O4S/c1-5-6-7-8-9-10-11-12-13-14-15-16-17-18-19-20-21(2,3)4;1-5(2,3)4/h5-20H2,1-4H3;(H2,1,2,3,4)/q+1;. The minimum atomic E-state index is -4.67. The second kappa shape index (κ2) is 18.2. The van der Waals surface area contributed by atoms with E-state index in [0.29, 0.717) is 0 Å². The van der Waals surface area contributed by atoms with Crippen molar-refractivity contribution in [3.8, 4) is 0 Å². The van der Waals surface area contributed by atoms with E-state index in [1.165, 1.54) is 103 Å². The van der Waals surface area contributed by atoms with Crippen molar-refractivity contribution >= 4 is 10.4 Å². The van der Waals surface area contributed by atoms with Gasteiger partial charge in [-0.05, 0) is 12.8 Å². The summed E-state index contributed by atoms with van der Waals surface area (Å²) in [6, 6.07) is 0. The molecule has 0 amide bonds. The monoisotopic (exact) mass is 396 g/mol. The van der Waals surface area contributed by atoms with Crippen molar-refractivity contribution in [2.24, 2.45) is 0 Å². The first-order valence-electron chi connectivity index (χ1n) is 10.6. The van der Waals surface area contributed by atoms with Crippen molar-refractivity contribution in [3.05, 3.63) is 0 Å². The van der Waals surface area contributed by atoms with E-state index in [-0.39, 0.29) is 0 Å². The lowest BCUT2D eigenvalue weighted by Crippen LogP contribution is -2.35. The van der Waals surface area contributed by atoms with Crippen LogP contribution in [0.25, 0.3) is 0 Å². The highest BCUT2D eigenvalue weighted by Gasteiger charge is 2.04. The number of nitrogens with zero attached hydrogens (tertiary/aromatic N) is 1. The Morgan fingerprint density at radius 2 is 0.808 bits per heavy atom. The summed E-state index contributed by atoms with van der Waals surface area (Å²) >= 11 is 0. The molecule has 0 aromatic heterocycles. The highest BCUT2D eigenvalue weighted by molar-refractivity contribution is 7.79. The predicted octanol–water partition coefficient (Wildman–Crippen LogP) is 5.91. The third-order valence-corrected chi connectivity index (χ3v) is 4.43. The second-order valence-corrected chi connectivity index (χ2v) is 9.31. The van der Waals surface area contributed by atoms with Crippen LogP contribution in [0.2, 0.25) is 0 Å². The Bertz CT molecular complexity index is 370. The molecular formula is C20H46NO4S+. The Kier molecular flexibility index (Phi) is 19.6. The van der Waals surface area contributed by atoms with Crippen molar-refractivity contribution in [1.82, 2.24) is 0 Å². The third kappa shape index (κ3) is 39.1. The predicted molar refractivity (Wildman–Crippen MR) is 112 cm³/mol. The fourth-order valence-corrected chi connectivity index (χ4v) is 2.96. The first-order chi connectivity index (χ1) is 12.1. The van der Waals surface area contributed by atoms with Gasteiger partial charge < -0.3 is 4.48 Å². The molecule has 0 bridgehead atoms. The summed E-state index contributed by atoms with van der Waals surface area (Å²) in [5.41, 5.74) is 0. The lowest BCUT2D eigenvalue weighted by atomic mass is 10.0. The largest absolute Gasteiger partial charge is 0.394 e. The molecule has 0 atom stereocenters. The molecule has 0 aromatic carbocycles. The summed E-state index contributed by atoms with van der Waals surface area (Å²) in [7, 11) is 2.22. The zero-order chi connectivity index (χ0) is 20.3. The summed E-state index contributed by atoms with van der Waals surface area (Å²) in [4.78, 5) is 0. The molecule has 0 aliphatic rings. The Morgan fingerprint density at radius 1 is 0.577 bits per heavy atom. The average molecular weight is 397 g/mol. The number of hydrogen-bond donors (Lipinski definition) is 2. The van der Waals surface area contributed by atoms with Gasteiger partial charge in [0.1, 0.15) is 0 Å². The highest BCUT2D eigenvalue weighted by Crippen LogP contribution is 2.13. The van der Waals surface area contributed by atoms with Gasteiger partial charge in [0.25, 0.3) is 0 Å². The van der Waals surface area contributed by atoms with E-state index >= 15 is 0 Å². The van der Waals surface area contributed by atoms with Crippen molar-refractivity contribution in [2.75, 3.05) is 27.7 Å². The molecule has 0 radical (unpaired) electrons. The van der Waals surface area contributed by atoms with Crippen LogP contribution in [0.3, 0.4) is 0 Å². The fourth-order valence-electron chi connectivity index (χ4n) is 2.96. The smallest absolute Gasteiger partial charge is 0.331 e. The van der Waals surface area contributed by atoms with E-state index in [2.05, 4.69) is 28.1 Å². The maximum Gasteiger partial charge on any atom is 0.394 e. The van der Waals surface area contributed by atoms with E-state index in [1.54, 1.807) is 0 Å². The van der Waals surface area contributed by atoms with Gasteiger partial charge in [-0.2, -0.15) is 8.42 Å². The minimum Gasteiger partial charge on any atom is -0.331 e. The van der Waals surface area contributed by atoms with Gasteiger partial charge >= 0.3 is 10.4 Å². The zero-order valence-corrected chi connectivity index (χ0v) is 18.7. The van der Waals surface area contributed by atoms with Crippen LogP contribution in [0.4, 0.5) is 0 Å². The molecule has 0 fully saturated rings. The normalized spacial score (nSPS) is 11.9. The van der Waals surface area contributed by atoms with Crippen molar-refractivity contribution < 1.29 is 22.0 Å². The van der Waals surface area contributed by atoms with Gasteiger partial charge in [0.05, 0.1) is 27.7 Å². The van der Waals surface area contributed by atoms with Crippen LogP contribution in [-0.4, -0.2) is 49.7 Å². The van der Waals surface area contributed by atoms with Crippen LogP contribution in [0.1, 0.15) is 103 Å². The number of rotatable bonds is 16. The van der Waals surface area contributed by atoms with Crippen LogP contribution in [0, 0.1) is 0 Å². The first kappa shape index (κ1) is 28.0. The number of hydrogen-bond acceptors (Lipinski definition) is 2. The number of quaternary nitrogens is 1. The summed E-state index contributed by atoms with van der Waals surface area (Å²) in [6.45, 7) is 3.63. The Labute approximate surface area is 163 Å². The summed E-state index contributed by atoms with van der Waals surface area (Å²) < 4.78 is 32.7. The molecule has 5 nitrogen and oxygen atoms in total. The molecular weight excluding hydrogens is 350 g/mol. The maximum atomic E-state index is 8.74. The summed E-state index contributed by atoms with van der Waals surface area (Å²) in [5, 5.41) is 0. The molecule has 0 saturated heterocycles. The summed E-state index contributed by atoms with van der Waals surface area (Å²) in [5.74, 6) is 0. The number of unbranched alkanes of at least 4 members (excludes halogenated alkanes) is 14. The molecule has 160 valence electrons. The topological polar surface area (TPSA) is 74.6 Å². The van der Waals surface area contributed by atoms with Crippen molar-refractivity contribution in [1.29, 1.82) is 0 Å². The van der Waals surface area contributed by atoms with Gasteiger partial charge in [-0.15, -0.1) is 0 Å².